The molecular weight excluding hydrogens is 719 g/mol. The Kier molecular flexibility index (Phi) is 16.3. The molecule has 3 fully saturated rings. The van der Waals surface area contributed by atoms with Crippen molar-refractivity contribution in [2.24, 2.45) is 35.5 Å². The first-order valence-electron chi connectivity index (χ1n) is 20.8. The maximum absolute atomic E-state index is 14.3. The molecule has 1 aliphatic carbocycles. The molecule has 4 rings (SSSR count). The first-order valence-corrected chi connectivity index (χ1v) is 21.9. The highest BCUT2D eigenvalue weighted by atomic mass is 28.1. The van der Waals surface area contributed by atoms with E-state index >= 15 is 0 Å². The number of aliphatic hydroxyl groups excluding tert-OH is 2. The quantitative estimate of drug-likeness (QED) is 0.158. The highest BCUT2D eigenvalue weighted by Gasteiger charge is 2.55. The summed E-state index contributed by atoms with van der Waals surface area (Å²) in [7, 11) is 2.35. The van der Waals surface area contributed by atoms with Crippen LogP contribution in [0.25, 0.3) is 0 Å². The number of amides is 1. The van der Waals surface area contributed by atoms with Gasteiger partial charge in [0.25, 0.3) is 11.7 Å². The number of methoxy groups -OCH3 is 1. The Balaban J connectivity index is 1.75. The third-order valence-electron chi connectivity index (χ3n) is 12.9. The second-order valence-electron chi connectivity index (χ2n) is 17.7. The zero-order valence-corrected chi connectivity index (χ0v) is 36.6. The lowest BCUT2D eigenvalue weighted by Crippen LogP contribution is -2.62. The van der Waals surface area contributed by atoms with Gasteiger partial charge in [0.05, 0.1) is 24.4 Å². The van der Waals surface area contributed by atoms with Crippen molar-refractivity contribution < 1.29 is 48.7 Å². The first-order chi connectivity index (χ1) is 25.9. The number of nitrogens with zero attached hydrogens (tertiary/aromatic N) is 1. The number of piperidine rings is 1. The Morgan fingerprint density at radius 2 is 1.75 bits per heavy atom. The summed E-state index contributed by atoms with van der Waals surface area (Å²) < 4.78 is 18.2. The van der Waals surface area contributed by atoms with Crippen molar-refractivity contribution in [3.8, 4) is 0 Å². The predicted octanol–water partition coefficient (Wildman–Crippen LogP) is 4.40. The van der Waals surface area contributed by atoms with Crippen molar-refractivity contribution in [3.05, 3.63) is 36.0 Å². The van der Waals surface area contributed by atoms with E-state index in [1.54, 1.807) is 27.0 Å². The summed E-state index contributed by atoms with van der Waals surface area (Å²) in [6, 6.07) is -1.09. The van der Waals surface area contributed by atoms with Gasteiger partial charge in [-0.05, 0) is 107 Å². The Bertz CT molecular complexity index is 1450. The number of carbonyl (C=O) groups is 4. The van der Waals surface area contributed by atoms with E-state index in [1.165, 1.54) is 4.90 Å². The average Bonchev–Trinajstić information content (AvgIpc) is 3.14. The minimum Gasteiger partial charge on any atom is -0.456 e. The molecule has 14 atom stereocenters. The van der Waals surface area contributed by atoms with Crippen molar-refractivity contribution in [2.45, 2.75) is 160 Å². The minimum absolute atomic E-state index is 0.0104. The lowest BCUT2D eigenvalue weighted by atomic mass is 9.80. The van der Waals surface area contributed by atoms with Crippen LogP contribution in [-0.2, 0) is 33.4 Å². The van der Waals surface area contributed by atoms with E-state index in [1.807, 2.05) is 26.0 Å². The summed E-state index contributed by atoms with van der Waals surface area (Å²) in [5.41, 5.74) is 1.88. The summed E-state index contributed by atoms with van der Waals surface area (Å²) >= 11 is 0. The van der Waals surface area contributed by atoms with Crippen molar-refractivity contribution >= 4 is 33.7 Å². The zero-order chi connectivity index (χ0) is 40.8. The molecule has 4 aliphatic rings. The zero-order valence-electron chi connectivity index (χ0n) is 34.6. The van der Waals surface area contributed by atoms with Gasteiger partial charge in [-0.1, -0.05) is 51.5 Å². The fourth-order valence-electron chi connectivity index (χ4n) is 9.81. The molecule has 55 heavy (non-hydrogen) atoms. The Morgan fingerprint density at radius 3 is 2.42 bits per heavy atom. The van der Waals surface area contributed by atoms with E-state index in [4.69, 9.17) is 14.2 Å². The van der Waals surface area contributed by atoms with Crippen LogP contribution in [0.15, 0.2) is 36.0 Å². The predicted molar refractivity (Wildman–Crippen MR) is 214 cm³/mol. The van der Waals surface area contributed by atoms with Crippen molar-refractivity contribution in [1.82, 2.24) is 4.90 Å². The van der Waals surface area contributed by atoms with Crippen LogP contribution in [0.3, 0.4) is 0 Å². The number of rotatable bonds is 5. The lowest BCUT2D eigenvalue weighted by molar-refractivity contribution is -0.270. The highest BCUT2D eigenvalue weighted by molar-refractivity contribution is 6.39. The maximum Gasteiger partial charge on any atom is 0.329 e. The van der Waals surface area contributed by atoms with Gasteiger partial charge in [0.2, 0.25) is 5.79 Å². The summed E-state index contributed by atoms with van der Waals surface area (Å²) in [5.74, 6) is -6.81. The lowest BCUT2D eigenvalue weighted by Gasteiger charge is -2.46. The van der Waals surface area contributed by atoms with Crippen LogP contribution in [0, 0.1) is 35.5 Å². The number of allylic oxidation sites excluding steroid dienone is 4. The third kappa shape index (κ3) is 10.9. The first kappa shape index (κ1) is 45.2. The van der Waals surface area contributed by atoms with Gasteiger partial charge in [-0.2, -0.15) is 0 Å². The van der Waals surface area contributed by atoms with Crippen LogP contribution in [0.4, 0.5) is 0 Å². The largest absolute Gasteiger partial charge is 0.456 e. The summed E-state index contributed by atoms with van der Waals surface area (Å²) in [5, 5.41) is 34.0. The van der Waals surface area contributed by atoms with Crippen molar-refractivity contribution in [2.75, 3.05) is 13.7 Å². The van der Waals surface area contributed by atoms with E-state index in [0.29, 0.717) is 50.5 Å². The topological polar surface area (TPSA) is 160 Å². The molecule has 1 saturated carbocycles. The van der Waals surface area contributed by atoms with Crippen LogP contribution in [-0.4, -0.2) is 110 Å². The number of Topliss-reactive ketones (excluding diaryl/α,β-unsaturated/α-hetero) is 2. The van der Waals surface area contributed by atoms with Crippen LogP contribution in [0.1, 0.15) is 112 Å². The summed E-state index contributed by atoms with van der Waals surface area (Å²) in [4.78, 5) is 57.6. The molecular formula is C43H69NO10Si. The maximum atomic E-state index is 14.3. The van der Waals surface area contributed by atoms with Gasteiger partial charge in [-0.3, -0.25) is 14.4 Å². The Morgan fingerprint density at radius 1 is 1.04 bits per heavy atom. The van der Waals surface area contributed by atoms with E-state index < -0.39 is 71.7 Å². The Labute approximate surface area is 331 Å². The van der Waals surface area contributed by atoms with Crippen LogP contribution in [0.5, 0.6) is 0 Å². The number of ether oxygens (including phenoxy) is 3. The molecule has 310 valence electrons. The fraction of sp³-hybridized carbons (Fsp3) is 0.767. The van der Waals surface area contributed by atoms with Crippen LogP contribution in [0.2, 0.25) is 5.54 Å². The SMILES string of the molecule is C=CC[C@@H]1/C=C(\C)C[C@H](C)C[C@H](C)[C@H]2O[C@@](O)(C(=O)C(=O)N3CCCC[C@H]3C(=O)O[C@H](/C(C)=C/[C@@H]3CC[C@@H](O)[C@H](OC)C3)C(C)[C@@H](O)CC1=O)[C@H](C)C[C@@H]2[SiH3]. The number of carbonyl (C=O) groups excluding carboxylic acids is 4. The Hall–Kier alpha value is -2.48. The van der Waals surface area contributed by atoms with Crippen molar-refractivity contribution in [3.63, 3.8) is 0 Å². The smallest absolute Gasteiger partial charge is 0.329 e. The monoisotopic (exact) mass is 787 g/mol. The van der Waals surface area contributed by atoms with E-state index in [2.05, 4.69) is 20.4 Å². The number of hydrogen-bond acceptors (Lipinski definition) is 10. The van der Waals surface area contributed by atoms with E-state index in [-0.39, 0.29) is 54.6 Å². The normalized spacial score (nSPS) is 42.1. The standard InChI is InChI=1S/C43H69NO10Si/c1-9-12-31-19-25(3)17-24(2)18-26(4)39-37(55)21-28(6)43(51,54-39)40(48)41(49)44-16-11-10-13-32(44)42(50)53-38(29(7)34(46)23-35(31)47)27(5)20-30-14-15-33(45)36(22-30)52-8/h9,19-20,24,26,28-34,36-39,45-46,51H,1,10-18,21-23H2,2-8,55H3/b25-19+,27-20+/t24-,26-,28+,29?,30-,31+,32-,33+,34-,36+,37-,38+,39+,43+/m0/s1. The molecule has 0 aromatic rings. The second kappa shape index (κ2) is 19.8. The minimum atomic E-state index is -2.33. The second-order valence-corrected chi connectivity index (χ2v) is 19.2. The molecule has 12 heteroatoms. The summed E-state index contributed by atoms with van der Waals surface area (Å²) in [6.45, 7) is 15.6. The number of fused-ring (bicyclic) bond motifs is 3. The third-order valence-corrected chi connectivity index (χ3v) is 14.1. The molecule has 3 N–H and O–H groups in total. The molecule has 3 heterocycles. The van der Waals surface area contributed by atoms with Gasteiger partial charge in [0, 0.05) is 48.1 Å². The van der Waals surface area contributed by atoms with Crippen LogP contribution < -0.4 is 0 Å². The molecule has 0 aromatic heterocycles. The fourth-order valence-corrected chi connectivity index (χ4v) is 11.3. The van der Waals surface area contributed by atoms with Gasteiger partial charge >= 0.3 is 5.97 Å². The molecule has 1 amide bonds. The van der Waals surface area contributed by atoms with Crippen molar-refractivity contribution in [1.29, 1.82) is 0 Å². The molecule has 0 spiro atoms. The van der Waals surface area contributed by atoms with Gasteiger partial charge < -0.3 is 34.4 Å². The van der Waals surface area contributed by atoms with Gasteiger partial charge in [0.15, 0.2) is 0 Å². The van der Waals surface area contributed by atoms with Gasteiger partial charge in [-0.15, -0.1) is 6.58 Å². The number of ketones is 2. The summed E-state index contributed by atoms with van der Waals surface area (Å²) in [6.07, 6.45) is 7.79. The highest BCUT2D eigenvalue weighted by Crippen LogP contribution is 2.43. The van der Waals surface area contributed by atoms with E-state index in [0.717, 1.165) is 28.7 Å². The molecule has 0 radical (unpaired) electrons. The molecule has 0 aromatic carbocycles. The number of esters is 1. The van der Waals surface area contributed by atoms with Gasteiger partial charge in [0.1, 0.15) is 17.9 Å². The van der Waals surface area contributed by atoms with Gasteiger partial charge in [-0.25, -0.2) is 4.79 Å². The number of aliphatic hydroxyl groups is 3. The molecule has 1 unspecified atom stereocenters. The molecule has 2 bridgehead atoms. The molecule has 2 saturated heterocycles. The number of cyclic esters (lactones) is 1. The molecule has 3 aliphatic heterocycles. The van der Waals surface area contributed by atoms with E-state index in [9.17, 15) is 34.5 Å². The van der Waals surface area contributed by atoms with Crippen LogP contribution >= 0.6 is 0 Å². The average molecular weight is 788 g/mol. The number of hydrogen-bond donors (Lipinski definition) is 3. The molecule has 11 nitrogen and oxygen atoms in total.